The van der Waals surface area contributed by atoms with Crippen LogP contribution in [0.2, 0.25) is 0 Å². The van der Waals surface area contributed by atoms with E-state index < -0.39 is 10.0 Å². The highest BCUT2D eigenvalue weighted by Crippen LogP contribution is 2.34. The summed E-state index contributed by atoms with van der Waals surface area (Å²) in [6.45, 7) is 0.973. The molecule has 0 spiro atoms. The number of fused-ring (bicyclic) bond motifs is 1. The summed E-state index contributed by atoms with van der Waals surface area (Å²) in [4.78, 5) is 29.1. The van der Waals surface area contributed by atoms with Crippen molar-refractivity contribution in [3.05, 3.63) is 48.3 Å². The summed E-state index contributed by atoms with van der Waals surface area (Å²) < 4.78 is 27.5. The van der Waals surface area contributed by atoms with Crippen molar-refractivity contribution >= 4 is 39.3 Å². The molecule has 1 saturated heterocycles. The van der Waals surface area contributed by atoms with Crippen LogP contribution in [0.3, 0.4) is 0 Å². The minimum Gasteiger partial charge on any atom is -0.352 e. The van der Waals surface area contributed by atoms with Gasteiger partial charge in [-0.05, 0) is 42.7 Å². The molecule has 2 amide bonds. The van der Waals surface area contributed by atoms with Gasteiger partial charge in [-0.1, -0.05) is 6.07 Å². The van der Waals surface area contributed by atoms with Gasteiger partial charge in [-0.2, -0.15) is 4.31 Å². The molecule has 2 aliphatic heterocycles. The quantitative estimate of drug-likeness (QED) is 0.726. The molecule has 0 bridgehead atoms. The van der Waals surface area contributed by atoms with Crippen LogP contribution in [-0.2, 0) is 26.2 Å². The van der Waals surface area contributed by atoms with Crippen LogP contribution in [0.1, 0.15) is 18.4 Å². The number of rotatable bonds is 5. The van der Waals surface area contributed by atoms with E-state index in [1.165, 1.54) is 22.1 Å². The first kappa shape index (κ1) is 20.8. The fourth-order valence-electron chi connectivity index (χ4n) is 3.57. The minimum atomic E-state index is -3.68. The van der Waals surface area contributed by atoms with E-state index in [2.05, 4.69) is 15.6 Å². The third-order valence-electron chi connectivity index (χ3n) is 5.24. The van der Waals surface area contributed by atoms with Gasteiger partial charge in [-0.15, -0.1) is 11.8 Å². The Balaban J connectivity index is 1.37. The number of sulfonamides is 1. The van der Waals surface area contributed by atoms with Gasteiger partial charge in [-0.25, -0.2) is 8.42 Å². The van der Waals surface area contributed by atoms with Crippen LogP contribution in [0.4, 0.5) is 5.69 Å². The molecule has 10 heteroatoms. The Hall–Kier alpha value is -2.43. The van der Waals surface area contributed by atoms with Gasteiger partial charge < -0.3 is 10.6 Å². The number of piperidine rings is 1. The zero-order valence-corrected chi connectivity index (χ0v) is 17.8. The number of aromatic nitrogens is 1. The summed E-state index contributed by atoms with van der Waals surface area (Å²) in [5.41, 5.74) is 1.45. The number of nitrogens with zero attached hydrogens (tertiary/aromatic N) is 2. The van der Waals surface area contributed by atoms with Gasteiger partial charge in [0.25, 0.3) is 0 Å². The standard InChI is InChI=1S/C20H22N4O4S2/c25-19-13-29-18-4-3-16(10-17(18)23-19)30(27,28)24-8-5-15(6-9-24)20(26)22-12-14-2-1-7-21-11-14/h1-4,7,10-11,15H,5-6,8-9,12-13H2,(H,22,26)(H,23,25). The zero-order chi connectivity index (χ0) is 21.1. The van der Waals surface area contributed by atoms with Crippen LogP contribution in [-0.4, -0.2) is 48.4 Å². The lowest BCUT2D eigenvalue weighted by Gasteiger charge is -2.31. The predicted octanol–water partition coefficient (Wildman–Crippen LogP) is 1.84. The van der Waals surface area contributed by atoms with E-state index in [4.69, 9.17) is 0 Å². The van der Waals surface area contributed by atoms with E-state index in [0.29, 0.717) is 30.8 Å². The number of thioether (sulfide) groups is 1. The molecule has 0 saturated carbocycles. The maximum Gasteiger partial charge on any atom is 0.243 e. The second kappa shape index (κ2) is 8.75. The van der Waals surface area contributed by atoms with Gasteiger partial charge in [0.2, 0.25) is 21.8 Å². The van der Waals surface area contributed by atoms with E-state index in [-0.39, 0.29) is 35.7 Å². The largest absolute Gasteiger partial charge is 0.352 e. The van der Waals surface area contributed by atoms with E-state index in [0.717, 1.165) is 10.5 Å². The number of carbonyl (C=O) groups is 2. The lowest BCUT2D eigenvalue weighted by molar-refractivity contribution is -0.126. The first-order valence-corrected chi connectivity index (χ1v) is 12.1. The number of hydrogen-bond acceptors (Lipinski definition) is 6. The molecule has 2 N–H and O–H groups in total. The normalized spacial score (nSPS) is 17.8. The lowest BCUT2D eigenvalue weighted by atomic mass is 9.97. The highest BCUT2D eigenvalue weighted by Gasteiger charge is 2.32. The number of anilines is 1. The van der Waals surface area contributed by atoms with Crippen molar-refractivity contribution in [3.63, 3.8) is 0 Å². The van der Waals surface area contributed by atoms with Crippen LogP contribution < -0.4 is 10.6 Å². The second-order valence-electron chi connectivity index (χ2n) is 7.25. The van der Waals surface area contributed by atoms with Crippen molar-refractivity contribution in [2.75, 3.05) is 24.2 Å². The molecular formula is C20H22N4O4S2. The highest BCUT2D eigenvalue weighted by molar-refractivity contribution is 8.00. The van der Waals surface area contributed by atoms with Gasteiger partial charge in [-0.3, -0.25) is 14.6 Å². The van der Waals surface area contributed by atoms with E-state index in [1.54, 1.807) is 24.5 Å². The van der Waals surface area contributed by atoms with Gasteiger partial charge in [0.05, 0.1) is 16.3 Å². The molecule has 1 fully saturated rings. The Morgan fingerprint density at radius 3 is 2.80 bits per heavy atom. The van der Waals surface area contributed by atoms with Crippen LogP contribution in [0.15, 0.2) is 52.5 Å². The number of carbonyl (C=O) groups excluding carboxylic acids is 2. The molecule has 1 aromatic carbocycles. The topological polar surface area (TPSA) is 108 Å². The molecule has 2 aliphatic rings. The lowest BCUT2D eigenvalue weighted by Crippen LogP contribution is -2.42. The summed E-state index contributed by atoms with van der Waals surface area (Å²) in [6.07, 6.45) is 4.32. The van der Waals surface area contributed by atoms with Crippen molar-refractivity contribution in [2.24, 2.45) is 5.92 Å². The Kier molecular flexibility index (Phi) is 6.07. The van der Waals surface area contributed by atoms with Crippen molar-refractivity contribution in [1.82, 2.24) is 14.6 Å². The maximum absolute atomic E-state index is 13.0. The predicted molar refractivity (Wildman–Crippen MR) is 113 cm³/mol. The molecule has 4 rings (SSSR count). The third-order valence-corrected chi connectivity index (χ3v) is 8.20. The average Bonchev–Trinajstić information content (AvgIpc) is 2.77. The Labute approximate surface area is 179 Å². The number of pyridine rings is 1. The maximum atomic E-state index is 13.0. The third kappa shape index (κ3) is 4.50. The highest BCUT2D eigenvalue weighted by atomic mass is 32.2. The molecular weight excluding hydrogens is 424 g/mol. The van der Waals surface area contributed by atoms with Gasteiger partial charge in [0.1, 0.15) is 0 Å². The summed E-state index contributed by atoms with van der Waals surface area (Å²) in [6, 6.07) is 8.52. The van der Waals surface area contributed by atoms with Crippen LogP contribution >= 0.6 is 11.8 Å². The molecule has 158 valence electrons. The molecule has 0 atom stereocenters. The van der Waals surface area contributed by atoms with Crippen molar-refractivity contribution < 1.29 is 18.0 Å². The zero-order valence-electron chi connectivity index (χ0n) is 16.2. The monoisotopic (exact) mass is 446 g/mol. The Morgan fingerprint density at radius 2 is 2.07 bits per heavy atom. The first-order chi connectivity index (χ1) is 14.4. The SMILES string of the molecule is O=C1CSc2ccc(S(=O)(=O)N3CCC(C(=O)NCc4cccnc4)CC3)cc2N1. The van der Waals surface area contributed by atoms with Crippen LogP contribution in [0, 0.1) is 5.92 Å². The van der Waals surface area contributed by atoms with Crippen molar-refractivity contribution in [2.45, 2.75) is 29.2 Å². The van der Waals surface area contributed by atoms with Crippen molar-refractivity contribution in [3.8, 4) is 0 Å². The second-order valence-corrected chi connectivity index (χ2v) is 10.2. The summed E-state index contributed by atoms with van der Waals surface area (Å²) >= 11 is 1.39. The molecule has 8 nitrogen and oxygen atoms in total. The number of benzene rings is 1. The summed E-state index contributed by atoms with van der Waals surface area (Å²) in [7, 11) is -3.68. The van der Waals surface area contributed by atoms with E-state index in [1.807, 2.05) is 12.1 Å². The van der Waals surface area contributed by atoms with Crippen molar-refractivity contribution in [1.29, 1.82) is 0 Å². The molecule has 0 aliphatic carbocycles. The molecule has 1 aromatic heterocycles. The molecule has 3 heterocycles. The number of amides is 2. The molecule has 0 radical (unpaired) electrons. The summed E-state index contributed by atoms with van der Waals surface area (Å²) in [5, 5.41) is 5.63. The molecule has 2 aromatic rings. The fourth-order valence-corrected chi connectivity index (χ4v) is 5.85. The van der Waals surface area contributed by atoms with Crippen LogP contribution in [0.25, 0.3) is 0 Å². The molecule has 30 heavy (non-hydrogen) atoms. The van der Waals surface area contributed by atoms with Gasteiger partial charge >= 0.3 is 0 Å². The smallest absolute Gasteiger partial charge is 0.243 e. The number of hydrogen-bond donors (Lipinski definition) is 2. The number of nitrogens with one attached hydrogen (secondary N) is 2. The van der Waals surface area contributed by atoms with Gasteiger partial charge in [0.15, 0.2) is 0 Å². The first-order valence-electron chi connectivity index (χ1n) is 9.67. The fraction of sp³-hybridized carbons (Fsp3) is 0.350. The Morgan fingerprint density at radius 1 is 1.27 bits per heavy atom. The molecule has 0 unspecified atom stereocenters. The minimum absolute atomic E-state index is 0.0654. The van der Waals surface area contributed by atoms with E-state index >= 15 is 0 Å². The van der Waals surface area contributed by atoms with Gasteiger partial charge in [0, 0.05) is 42.8 Å². The van der Waals surface area contributed by atoms with E-state index in [9.17, 15) is 18.0 Å². The summed E-state index contributed by atoms with van der Waals surface area (Å²) in [5.74, 6) is -0.0907. The van der Waals surface area contributed by atoms with Crippen LogP contribution in [0.5, 0.6) is 0 Å². The Bertz CT molecular complexity index is 1050. The average molecular weight is 447 g/mol.